The quantitative estimate of drug-likeness (QED) is 0.631. The van der Waals surface area contributed by atoms with Gasteiger partial charge in [-0.15, -0.1) is 0 Å². The van der Waals surface area contributed by atoms with Crippen molar-refractivity contribution in [2.24, 2.45) is 4.99 Å². The van der Waals surface area contributed by atoms with Gasteiger partial charge in [0.1, 0.15) is 11.9 Å². The van der Waals surface area contributed by atoms with E-state index in [2.05, 4.69) is 24.1 Å². The Hall–Kier alpha value is -1.53. The van der Waals surface area contributed by atoms with Crippen LogP contribution in [0.1, 0.15) is 38.9 Å². The molecule has 0 aliphatic carbocycles. The van der Waals surface area contributed by atoms with E-state index in [-0.39, 0.29) is 12.2 Å². The molecule has 2 fully saturated rings. The van der Waals surface area contributed by atoms with E-state index in [0.717, 1.165) is 63.7 Å². The molecule has 0 amide bonds. The van der Waals surface area contributed by atoms with Crippen molar-refractivity contribution < 1.29 is 13.9 Å². The fraction of sp³-hybridized carbons (Fsp3) is 0.737. The van der Waals surface area contributed by atoms with Crippen LogP contribution in [0.2, 0.25) is 0 Å². The summed E-state index contributed by atoms with van der Waals surface area (Å²) >= 11 is 0. The standard InChI is InChI=1S/C19H31N3O3/c1-3-15(2)21-19(20-9-8-16-6-4-11-23-16)22-10-13-25-18(14-22)17-7-5-12-24-17/h4,6,11,15,17-18H,3,5,7-10,12-14H2,1-2H3,(H,20,21). The average molecular weight is 349 g/mol. The molecule has 140 valence electrons. The van der Waals surface area contributed by atoms with Crippen LogP contribution in [0.4, 0.5) is 0 Å². The molecular weight excluding hydrogens is 318 g/mol. The predicted octanol–water partition coefficient (Wildman–Crippen LogP) is 2.45. The van der Waals surface area contributed by atoms with Gasteiger partial charge in [-0.3, -0.25) is 4.99 Å². The molecule has 0 saturated carbocycles. The third-order valence-electron chi connectivity index (χ3n) is 4.96. The lowest BCUT2D eigenvalue weighted by Gasteiger charge is -2.38. The maximum atomic E-state index is 5.97. The van der Waals surface area contributed by atoms with Gasteiger partial charge in [0.15, 0.2) is 5.96 Å². The Morgan fingerprint density at radius 2 is 2.24 bits per heavy atom. The number of ether oxygens (including phenoxy) is 2. The summed E-state index contributed by atoms with van der Waals surface area (Å²) < 4.78 is 17.2. The zero-order valence-electron chi connectivity index (χ0n) is 15.4. The molecule has 25 heavy (non-hydrogen) atoms. The van der Waals surface area contributed by atoms with Crippen LogP contribution in [0.3, 0.4) is 0 Å². The Labute approximate surface area is 150 Å². The fourth-order valence-corrected chi connectivity index (χ4v) is 3.27. The van der Waals surface area contributed by atoms with Gasteiger partial charge >= 0.3 is 0 Å². The van der Waals surface area contributed by atoms with E-state index in [9.17, 15) is 0 Å². The lowest BCUT2D eigenvalue weighted by atomic mass is 10.1. The van der Waals surface area contributed by atoms with Crippen LogP contribution in [0.25, 0.3) is 0 Å². The number of rotatable bonds is 6. The zero-order chi connectivity index (χ0) is 17.5. The molecule has 3 atom stereocenters. The second-order valence-corrected chi connectivity index (χ2v) is 6.90. The number of hydrogen-bond acceptors (Lipinski definition) is 4. The van der Waals surface area contributed by atoms with Crippen molar-refractivity contribution in [2.75, 3.05) is 32.8 Å². The van der Waals surface area contributed by atoms with Gasteiger partial charge in [-0.05, 0) is 38.3 Å². The predicted molar refractivity (Wildman–Crippen MR) is 97.9 cm³/mol. The number of hydrogen-bond donors (Lipinski definition) is 1. The maximum Gasteiger partial charge on any atom is 0.194 e. The molecule has 3 heterocycles. The highest BCUT2D eigenvalue weighted by molar-refractivity contribution is 5.80. The first-order valence-corrected chi connectivity index (χ1v) is 9.57. The molecule has 0 aromatic carbocycles. The van der Waals surface area contributed by atoms with Crippen LogP contribution in [0, 0.1) is 0 Å². The van der Waals surface area contributed by atoms with Crippen molar-refractivity contribution in [1.82, 2.24) is 10.2 Å². The third-order valence-corrected chi connectivity index (χ3v) is 4.96. The Morgan fingerprint density at radius 3 is 2.96 bits per heavy atom. The van der Waals surface area contributed by atoms with Gasteiger partial charge in [0.25, 0.3) is 0 Å². The Morgan fingerprint density at radius 1 is 1.36 bits per heavy atom. The highest BCUT2D eigenvalue weighted by atomic mass is 16.5. The summed E-state index contributed by atoms with van der Waals surface area (Å²) in [5, 5.41) is 3.58. The number of guanidine groups is 1. The summed E-state index contributed by atoms with van der Waals surface area (Å²) in [7, 11) is 0. The normalized spacial score (nSPS) is 26.0. The molecule has 3 unspecified atom stereocenters. The van der Waals surface area contributed by atoms with E-state index in [1.165, 1.54) is 0 Å². The third kappa shape index (κ3) is 5.22. The van der Waals surface area contributed by atoms with E-state index in [0.29, 0.717) is 12.6 Å². The number of morpholine rings is 1. The number of nitrogens with one attached hydrogen (secondary N) is 1. The molecule has 0 radical (unpaired) electrons. The average Bonchev–Trinajstić information content (AvgIpc) is 3.34. The fourth-order valence-electron chi connectivity index (χ4n) is 3.27. The molecule has 3 rings (SSSR count). The van der Waals surface area contributed by atoms with Gasteiger partial charge < -0.3 is 24.1 Å². The summed E-state index contributed by atoms with van der Waals surface area (Å²) in [5.74, 6) is 1.96. The minimum atomic E-state index is 0.144. The first kappa shape index (κ1) is 18.3. The van der Waals surface area contributed by atoms with Crippen molar-refractivity contribution >= 4 is 5.96 Å². The van der Waals surface area contributed by atoms with Crippen molar-refractivity contribution in [3.63, 3.8) is 0 Å². The Bertz CT molecular complexity index is 526. The second kappa shape index (κ2) is 9.25. The van der Waals surface area contributed by atoms with Crippen LogP contribution in [0.5, 0.6) is 0 Å². The molecular formula is C19H31N3O3. The van der Waals surface area contributed by atoms with Crippen molar-refractivity contribution in [3.05, 3.63) is 24.2 Å². The lowest BCUT2D eigenvalue weighted by molar-refractivity contribution is -0.0817. The van der Waals surface area contributed by atoms with E-state index < -0.39 is 0 Å². The van der Waals surface area contributed by atoms with E-state index >= 15 is 0 Å². The summed E-state index contributed by atoms with van der Waals surface area (Å²) in [6.45, 7) is 8.39. The molecule has 0 bridgehead atoms. The van der Waals surface area contributed by atoms with Crippen LogP contribution in [-0.2, 0) is 15.9 Å². The molecule has 6 heteroatoms. The summed E-state index contributed by atoms with van der Waals surface area (Å²) in [4.78, 5) is 7.17. The van der Waals surface area contributed by atoms with Gasteiger partial charge in [-0.1, -0.05) is 6.92 Å². The molecule has 1 aromatic rings. The van der Waals surface area contributed by atoms with E-state index in [1.807, 2.05) is 12.1 Å². The molecule has 6 nitrogen and oxygen atoms in total. The maximum absolute atomic E-state index is 5.97. The highest BCUT2D eigenvalue weighted by Gasteiger charge is 2.32. The smallest absolute Gasteiger partial charge is 0.194 e. The minimum absolute atomic E-state index is 0.144. The summed E-state index contributed by atoms with van der Waals surface area (Å²) in [5.41, 5.74) is 0. The van der Waals surface area contributed by atoms with E-state index in [1.54, 1.807) is 6.26 Å². The Kier molecular flexibility index (Phi) is 6.76. The van der Waals surface area contributed by atoms with Crippen LogP contribution < -0.4 is 5.32 Å². The lowest BCUT2D eigenvalue weighted by Crippen LogP contribution is -2.54. The topological polar surface area (TPSA) is 59.2 Å². The molecule has 1 aromatic heterocycles. The molecule has 2 aliphatic rings. The summed E-state index contributed by atoms with van der Waals surface area (Å²) in [6.07, 6.45) is 6.21. The first-order chi connectivity index (χ1) is 12.3. The summed E-state index contributed by atoms with van der Waals surface area (Å²) in [6, 6.07) is 4.32. The minimum Gasteiger partial charge on any atom is -0.469 e. The zero-order valence-corrected chi connectivity index (χ0v) is 15.4. The highest BCUT2D eigenvalue weighted by Crippen LogP contribution is 2.21. The van der Waals surface area contributed by atoms with Gasteiger partial charge in [-0.25, -0.2) is 0 Å². The molecule has 2 saturated heterocycles. The molecule has 0 spiro atoms. The molecule has 1 N–H and O–H groups in total. The van der Waals surface area contributed by atoms with Crippen molar-refractivity contribution in [1.29, 1.82) is 0 Å². The largest absolute Gasteiger partial charge is 0.469 e. The SMILES string of the molecule is CCC(C)NC(=NCCc1ccco1)N1CCOC(C2CCCO2)C1. The van der Waals surface area contributed by atoms with Gasteiger partial charge in [0.2, 0.25) is 0 Å². The molecule has 2 aliphatic heterocycles. The van der Waals surface area contributed by atoms with Crippen molar-refractivity contribution in [2.45, 2.75) is 57.8 Å². The number of nitrogens with zero attached hydrogens (tertiary/aromatic N) is 2. The van der Waals surface area contributed by atoms with Crippen LogP contribution in [-0.4, -0.2) is 62.0 Å². The van der Waals surface area contributed by atoms with Crippen LogP contribution >= 0.6 is 0 Å². The van der Waals surface area contributed by atoms with Gasteiger partial charge in [-0.2, -0.15) is 0 Å². The van der Waals surface area contributed by atoms with E-state index in [4.69, 9.17) is 18.9 Å². The second-order valence-electron chi connectivity index (χ2n) is 6.90. The van der Waals surface area contributed by atoms with Gasteiger partial charge in [0, 0.05) is 38.7 Å². The van der Waals surface area contributed by atoms with Gasteiger partial charge in [0.05, 0.1) is 19.0 Å². The number of aliphatic imine (C=N–C) groups is 1. The number of furan rings is 1. The first-order valence-electron chi connectivity index (χ1n) is 9.57. The monoisotopic (exact) mass is 349 g/mol. The van der Waals surface area contributed by atoms with Crippen molar-refractivity contribution in [3.8, 4) is 0 Å². The Balaban J connectivity index is 1.62. The van der Waals surface area contributed by atoms with Crippen LogP contribution in [0.15, 0.2) is 27.8 Å².